The number of rotatable bonds is 1. The lowest BCUT2D eigenvalue weighted by Gasteiger charge is -2.25. The molecule has 0 aliphatic carbocycles. The van der Waals surface area contributed by atoms with E-state index in [1.165, 1.54) is 0 Å². The molecule has 0 aromatic heterocycles. The first-order valence-corrected chi connectivity index (χ1v) is 4.05. The highest BCUT2D eigenvalue weighted by Crippen LogP contribution is 2.20. The van der Waals surface area contributed by atoms with Gasteiger partial charge in [-0.25, -0.2) is 0 Å². The molecule has 0 aromatic carbocycles. The predicted octanol–water partition coefficient (Wildman–Crippen LogP) is 1.99. The highest BCUT2D eigenvalue weighted by atomic mass is 16.5. The first-order valence-electron chi connectivity index (χ1n) is 4.05. The summed E-state index contributed by atoms with van der Waals surface area (Å²) in [6.07, 6.45) is 4.30. The lowest BCUT2D eigenvalue weighted by molar-refractivity contribution is 0.0229. The van der Waals surface area contributed by atoms with Crippen LogP contribution in [0.25, 0.3) is 0 Å². The molecule has 1 saturated heterocycles. The molecule has 60 valence electrons. The molecule has 0 saturated carbocycles. The summed E-state index contributed by atoms with van der Waals surface area (Å²) in [5.41, 5.74) is 0. The zero-order valence-corrected chi connectivity index (χ0v) is 6.97. The molecule has 0 aromatic rings. The fraction of sp³-hybridized carbons (Fsp3) is 0.600. The van der Waals surface area contributed by atoms with Crippen LogP contribution in [0.15, 0.2) is 12.7 Å². The van der Waals surface area contributed by atoms with Crippen LogP contribution in [0.4, 0.5) is 0 Å². The fourth-order valence-electron chi connectivity index (χ4n) is 1.38. The Balaban J connectivity index is 2.55. The molecule has 1 rings (SSSR count). The maximum absolute atomic E-state index is 5.47. The molecule has 1 heteroatoms. The minimum absolute atomic E-state index is 0.163. The van der Waals surface area contributed by atoms with Crippen LogP contribution in [0.2, 0.25) is 0 Å². The lowest BCUT2D eigenvalue weighted by atomic mass is 9.95. The molecule has 0 bridgehead atoms. The summed E-state index contributed by atoms with van der Waals surface area (Å²) in [5, 5.41) is 0. The normalized spacial score (nSPS) is 30.3. The van der Waals surface area contributed by atoms with E-state index in [1.54, 1.807) is 0 Å². The molecule has 1 fully saturated rings. The zero-order chi connectivity index (χ0) is 8.10. The monoisotopic (exact) mass is 150 g/mol. The van der Waals surface area contributed by atoms with Crippen LogP contribution in [0.3, 0.4) is 0 Å². The van der Waals surface area contributed by atoms with E-state index < -0.39 is 0 Å². The number of ether oxygens (including phenoxy) is 1. The quantitative estimate of drug-likeness (QED) is 0.410. The van der Waals surface area contributed by atoms with E-state index in [4.69, 9.17) is 4.74 Å². The Morgan fingerprint density at radius 2 is 2.45 bits per heavy atom. The van der Waals surface area contributed by atoms with Crippen molar-refractivity contribution in [3.63, 3.8) is 0 Å². The molecule has 0 spiro atoms. The summed E-state index contributed by atoms with van der Waals surface area (Å²) in [5.74, 6) is 6.44. The van der Waals surface area contributed by atoms with Crippen molar-refractivity contribution in [1.82, 2.24) is 0 Å². The summed E-state index contributed by atoms with van der Waals surface area (Å²) >= 11 is 0. The molecular weight excluding hydrogens is 136 g/mol. The molecule has 11 heavy (non-hydrogen) atoms. The van der Waals surface area contributed by atoms with E-state index in [1.807, 2.05) is 13.0 Å². The van der Waals surface area contributed by atoms with E-state index in [2.05, 4.69) is 18.4 Å². The first kappa shape index (κ1) is 8.36. The average Bonchev–Trinajstić information content (AvgIpc) is 2.06. The molecule has 2 atom stereocenters. The van der Waals surface area contributed by atoms with Gasteiger partial charge in [0.1, 0.15) is 0 Å². The number of hydrogen-bond acceptors (Lipinski definition) is 1. The van der Waals surface area contributed by atoms with Gasteiger partial charge < -0.3 is 4.74 Å². The minimum atomic E-state index is 0.163. The van der Waals surface area contributed by atoms with Gasteiger partial charge in [0.15, 0.2) is 0 Å². The van der Waals surface area contributed by atoms with Gasteiger partial charge in [-0.05, 0) is 19.8 Å². The Labute approximate surface area is 68.4 Å². The molecule has 1 nitrogen and oxygen atoms in total. The molecule has 1 aliphatic heterocycles. The maximum Gasteiger partial charge on any atom is 0.0890 e. The largest absolute Gasteiger partial charge is 0.373 e. The Kier molecular flexibility index (Phi) is 3.19. The van der Waals surface area contributed by atoms with E-state index >= 15 is 0 Å². The highest BCUT2D eigenvalue weighted by Gasteiger charge is 2.20. The van der Waals surface area contributed by atoms with Crippen LogP contribution in [0, 0.1) is 17.8 Å². The summed E-state index contributed by atoms with van der Waals surface area (Å²) in [6.45, 7) is 6.45. The third-order valence-electron chi connectivity index (χ3n) is 1.93. The average molecular weight is 150 g/mol. The van der Waals surface area contributed by atoms with Crippen LogP contribution in [-0.2, 0) is 4.74 Å². The van der Waals surface area contributed by atoms with Gasteiger partial charge >= 0.3 is 0 Å². The standard InChI is InChI=1S/C10H14O/c1-3-6-9-7-5-8-11-10(9)4-2/h4,9-10H,2,5,7-8H2,1H3. The predicted molar refractivity (Wildman–Crippen MR) is 46.1 cm³/mol. The third-order valence-corrected chi connectivity index (χ3v) is 1.93. The molecule has 1 aliphatic rings. The molecule has 0 N–H and O–H groups in total. The van der Waals surface area contributed by atoms with E-state index in [-0.39, 0.29) is 6.10 Å². The number of hydrogen-bond donors (Lipinski definition) is 0. The molecular formula is C10H14O. The summed E-state index contributed by atoms with van der Waals surface area (Å²) < 4.78 is 5.47. The van der Waals surface area contributed by atoms with Gasteiger partial charge in [0.05, 0.1) is 12.0 Å². The van der Waals surface area contributed by atoms with Crippen molar-refractivity contribution in [2.75, 3.05) is 6.61 Å². The Hall–Kier alpha value is -0.740. The van der Waals surface area contributed by atoms with Crippen molar-refractivity contribution in [3.8, 4) is 11.8 Å². The maximum atomic E-state index is 5.47. The van der Waals surface area contributed by atoms with Crippen LogP contribution in [0.1, 0.15) is 19.8 Å². The second-order valence-corrected chi connectivity index (χ2v) is 2.71. The topological polar surface area (TPSA) is 9.23 Å². The highest BCUT2D eigenvalue weighted by molar-refractivity contribution is 5.08. The van der Waals surface area contributed by atoms with E-state index in [0.29, 0.717) is 5.92 Å². The van der Waals surface area contributed by atoms with Gasteiger partial charge in [-0.3, -0.25) is 0 Å². The zero-order valence-electron chi connectivity index (χ0n) is 6.97. The fourth-order valence-corrected chi connectivity index (χ4v) is 1.38. The van der Waals surface area contributed by atoms with Crippen LogP contribution < -0.4 is 0 Å². The Bertz CT molecular complexity index is 185. The van der Waals surface area contributed by atoms with Crippen LogP contribution in [-0.4, -0.2) is 12.7 Å². The van der Waals surface area contributed by atoms with Gasteiger partial charge in [-0.15, -0.1) is 12.5 Å². The van der Waals surface area contributed by atoms with Gasteiger partial charge in [0.2, 0.25) is 0 Å². The Morgan fingerprint density at radius 3 is 3.09 bits per heavy atom. The molecule has 1 heterocycles. The second kappa shape index (κ2) is 4.20. The van der Waals surface area contributed by atoms with Gasteiger partial charge in [0, 0.05) is 6.61 Å². The lowest BCUT2D eigenvalue weighted by Crippen LogP contribution is -2.26. The Morgan fingerprint density at radius 1 is 1.64 bits per heavy atom. The molecule has 2 unspecified atom stereocenters. The van der Waals surface area contributed by atoms with Crippen molar-refractivity contribution in [1.29, 1.82) is 0 Å². The van der Waals surface area contributed by atoms with Crippen molar-refractivity contribution in [2.45, 2.75) is 25.9 Å². The summed E-state index contributed by atoms with van der Waals surface area (Å²) in [7, 11) is 0. The van der Waals surface area contributed by atoms with Crippen molar-refractivity contribution in [3.05, 3.63) is 12.7 Å². The van der Waals surface area contributed by atoms with Crippen LogP contribution >= 0.6 is 0 Å². The van der Waals surface area contributed by atoms with Gasteiger partial charge in [-0.1, -0.05) is 12.0 Å². The van der Waals surface area contributed by atoms with Gasteiger partial charge in [0.25, 0.3) is 0 Å². The van der Waals surface area contributed by atoms with E-state index in [0.717, 1.165) is 19.4 Å². The summed E-state index contributed by atoms with van der Waals surface area (Å²) in [6, 6.07) is 0. The molecule has 0 amide bonds. The van der Waals surface area contributed by atoms with Crippen LogP contribution in [0.5, 0.6) is 0 Å². The third kappa shape index (κ3) is 2.10. The van der Waals surface area contributed by atoms with Gasteiger partial charge in [-0.2, -0.15) is 0 Å². The smallest absolute Gasteiger partial charge is 0.0890 e. The minimum Gasteiger partial charge on any atom is -0.373 e. The summed E-state index contributed by atoms with van der Waals surface area (Å²) in [4.78, 5) is 0. The van der Waals surface area contributed by atoms with E-state index in [9.17, 15) is 0 Å². The first-order chi connectivity index (χ1) is 5.38. The SMILES string of the molecule is C=CC1OCCCC1C#CC. The second-order valence-electron chi connectivity index (χ2n) is 2.71. The molecule has 0 radical (unpaired) electrons. The van der Waals surface area contributed by atoms with Crippen molar-refractivity contribution < 1.29 is 4.74 Å². The van der Waals surface area contributed by atoms with Crippen molar-refractivity contribution in [2.24, 2.45) is 5.92 Å². The van der Waals surface area contributed by atoms with Crippen molar-refractivity contribution >= 4 is 0 Å².